The van der Waals surface area contributed by atoms with Gasteiger partial charge in [0.15, 0.2) is 11.7 Å². The van der Waals surface area contributed by atoms with Gasteiger partial charge in [0.05, 0.1) is 12.4 Å². The second-order valence-electron chi connectivity index (χ2n) is 4.00. The van der Waals surface area contributed by atoms with Gasteiger partial charge >= 0.3 is 0 Å². The highest BCUT2D eigenvalue weighted by Gasteiger charge is 2.32. The van der Waals surface area contributed by atoms with E-state index in [4.69, 9.17) is 31.4 Å². The van der Waals surface area contributed by atoms with Crippen LogP contribution in [0.25, 0.3) is 0 Å². The van der Waals surface area contributed by atoms with E-state index < -0.39 is 5.79 Å². The molecule has 1 rings (SSSR count). The molecule has 1 atom stereocenters. The highest BCUT2D eigenvalue weighted by Crippen LogP contribution is 2.22. The summed E-state index contributed by atoms with van der Waals surface area (Å²) in [6, 6.07) is 0. The first kappa shape index (κ1) is 16.6. The molecule has 0 radical (unpaired) electrons. The molecule has 1 saturated heterocycles. The van der Waals surface area contributed by atoms with E-state index in [1.165, 1.54) is 12.2 Å². The third-order valence-electron chi connectivity index (χ3n) is 1.94. The van der Waals surface area contributed by atoms with Gasteiger partial charge in [0.1, 0.15) is 12.7 Å². The number of ether oxygens (including phenoxy) is 3. The normalized spacial score (nSPS) is 21.8. The summed E-state index contributed by atoms with van der Waals surface area (Å²) in [6.45, 7) is 8.54. The topological polar surface area (TPSA) is 106 Å². The van der Waals surface area contributed by atoms with Crippen LogP contribution >= 0.6 is 0 Å². The van der Waals surface area contributed by atoms with Crippen LogP contribution < -0.4 is 17.2 Å². The molecule has 0 aromatic carbocycles. The molecule has 6 heteroatoms. The highest BCUT2D eigenvalue weighted by atomic mass is 16.7. The van der Waals surface area contributed by atoms with Gasteiger partial charge in [0.2, 0.25) is 0 Å². The molecule has 6 N–H and O–H groups in total. The lowest BCUT2D eigenvalue weighted by Crippen LogP contribution is -2.24. The predicted octanol–water partition coefficient (Wildman–Crippen LogP) is 0.740. The van der Waals surface area contributed by atoms with Gasteiger partial charge in [-0.2, -0.15) is 0 Å². The Labute approximate surface area is 109 Å². The SMILES string of the molecule is CC.CC1(C)OCC(CO/C(N)=C/C=C(N)N)O1. The van der Waals surface area contributed by atoms with E-state index in [0.29, 0.717) is 13.2 Å². The molecule has 0 spiro atoms. The Morgan fingerprint density at radius 3 is 2.33 bits per heavy atom. The van der Waals surface area contributed by atoms with E-state index in [2.05, 4.69) is 0 Å². The fourth-order valence-electron chi connectivity index (χ4n) is 1.26. The van der Waals surface area contributed by atoms with E-state index in [1.54, 1.807) is 0 Å². The molecule has 0 aromatic heterocycles. The van der Waals surface area contributed by atoms with Crippen molar-refractivity contribution in [2.45, 2.75) is 39.6 Å². The lowest BCUT2D eigenvalue weighted by atomic mass is 10.4. The minimum absolute atomic E-state index is 0.110. The summed E-state index contributed by atoms with van der Waals surface area (Å²) >= 11 is 0. The predicted molar refractivity (Wildman–Crippen MR) is 70.9 cm³/mol. The van der Waals surface area contributed by atoms with Crippen LogP contribution in [0, 0.1) is 0 Å². The van der Waals surface area contributed by atoms with Crippen LogP contribution in [0.3, 0.4) is 0 Å². The zero-order valence-corrected chi connectivity index (χ0v) is 11.6. The van der Waals surface area contributed by atoms with Gasteiger partial charge in [-0.15, -0.1) is 0 Å². The van der Waals surface area contributed by atoms with Gasteiger partial charge < -0.3 is 31.4 Å². The molecule has 0 aromatic rings. The number of hydrogen-bond acceptors (Lipinski definition) is 6. The van der Waals surface area contributed by atoms with Gasteiger partial charge in [-0.3, -0.25) is 0 Å². The van der Waals surface area contributed by atoms with Crippen molar-refractivity contribution in [3.8, 4) is 0 Å². The Morgan fingerprint density at radius 2 is 1.89 bits per heavy atom. The number of hydrogen-bond donors (Lipinski definition) is 3. The smallest absolute Gasteiger partial charge is 0.184 e. The quantitative estimate of drug-likeness (QED) is 0.508. The van der Waals surface area contributed by atoms with Crippen molar-refractivity contribution in [1.29, 1.82) is 0 Å². The van der Waals surface area contributed by atoms with Crippen LogP contribution in [0.2, 0.25) is 0 Å². The number of rotatable bonds is 4. The van der Waals surface area contributed by atoms with Gasteiger partial charge in [-0.05, 0) is 19.9 Å². The molecule has 1 fully saturated rings. The van der Waals surface area contributed by atoms with Gasteiger partial charge in [-0.1, -0.05) is 13.8 Å². The zero-order valence-electron chi connectivity index (χ0n) is 11.6. The molecule has 6 nitrogen and oxygen atoms in total. The Balaban J connectivity index is 0.00000137. The highest BCUT2D eigenvalue weighted by molar-refractivity contribution is 5.08. The molecular weight excluding hydrogens is 234 g/mol. The molecule has 1 heterocycles. The Morgan fingerprint density at radius 1 is 1.28 bits per heavy atom. The molecule has 0 aliphatic carbocycles. The van der Waals surface area contributed by atoms with Crippen molar-refractivity contribution in [3.63, 3.8) is 0 Å². The fourth-order valence-corrected chi connectivity index (χ4v) is 1.26. The Kier molecular flexibility index (Phi) is 7.23. The van der Waals surface area contributed by atoms with E-state index in [9.17, 15) is 0 Å². The van der Waals surface area contributed by atoms with Crippen LogP contribution in [0.15, 0.2) is 23.9 Å². The summed E-state index contributed by atoms with van der Waals surface area (Å²) in [5, 5.41) is 0. The molecule has 18 heavy (non-hydrogen) atoms. The minimum Gasteiger partial charge on any atom is -0.477 e. The maximum atomic E-state index is 5.55. The second kappa shape index (κ2) is 7.84. The minimum atomic E-state index is -0.548. The summed E-state index contributed by atoms with van der Waals surface area (Å²) in [4.78, 5) is 0. The summed E-state index contributed by atoms with van der Waals surface area (Å²) in [5.74, 6) is -0.136. The van der Waals surface area contributed by atoms with Crippen LogP contribution in [0.1, 0.15) is 27.7 Å². The lowest BCUT2D eigenvalue weighted by molar-refractivity contribution is -0.143. The number of allylic oxidation sites excluding steroid dienone is 2. The zero-order chi connectivity index (χ0) is 14.2. The van der Waals surface area contributed by atoms with E-state index in [0.717, 1.165) is 0 Å². The molecule has 1 aliphatic rings. The van der Waals surface area contributed by atoms with Crippen LogP contribution in [-0.2, 0) is 14.2 Å². The molecule has 0 amide bonds. The van der Waals surface area contributed by atoms with Gasteiger partial charge in [-0.25, -0.2) is 0 Å². The average molecular weight is 259 g/mol. The third-order valence-corrected chi connectivity index (χ3v) is 1.94. The van der Waals surface area contributed by atoms with Crippen molar-refractivity contribution in [1.82, 2.24) is 0 Å². The first-order valence-electron chi connectivity index (χ1n) is 6.02. The lowest BCUT2D eigenvalue weighted by Gasteiger charge is -2.17. The monoisotopic (exact) mass is 259 g/mol. The second-order valence-corrected chi connectivity index (χ2v) is 4.00. The van der Waals surface area contributed by atoms with Crippen LogP contribution in [0.4, 0.5) is 0 Å². The van der Waals surface area contributed by atoms with Crippen molar-refractivity contribution < 1.29 is 14.2 Å². The van der Waals surface area contributed by atoms with Gasteiger partial charge in [0.25, 0.3) is 0 Å². The largest absolute Gasteiger partial charge is 0.477 e. The number of nitrogens with two attached hydrogens (primary N) is 3. The van der Waals surface area contributed by atoms with Gasteiger partial charge in [0, 0.05) is 6.08 Å². The van der Waals surface area contributed by atoms with Crippen molar-refractivity contribution in [3.05, 3.63) is 23.9 Å². The summed E-state index contributed by atoms with van der Waals surface area (Å²) in [5.41, 5.74) is 16.0. The summed E-state index contributed by atoms with van der Waals surface area (Å²) in [6.07, 6.45) is 2.85. The Hall–Kier alpha value is -1.40. The molecule has 1 unspecified atom stereocenters. The molecule has 106 valence electrons. The molecule has 0 bridgehead atoms. The Bertz CT molecular complexity index is 297. The van der Waals surface area contributed by atoms with E-state index in [-0.39, 0.29) is 17.8 Å². The first-order chi connectivity index (χ1) is 8.39. The molecular formula is C12H25N3O3. The van der Waals surface area contributed by atoms with Crippen molar-refractivity contribution in [2.24, 2.45) is 17.2 Å². The fraction of sp³-hybridized carbons (Fsp3) is 0.667. The standard InChI is InChI=1S/C10H19N3O3.C2H6/c1-10(2)15-6-7(16-10)5-14-9(13)4-3-8(11)12;1-2/h3-4,7H,5-6,11-13H2,1-2H3;1-2H3/b9-4+;. The van der Waals surface area contributed by atoms with E-state index in [1.807, 2.05) is 27.7 Å². The maximum absolute atomic E-state index is 5.55. The third kappa shape index (κ3) is 7.03. The average Bonchev–Trinajstić information content (AvgIpc) is 2.66. The maximum Gasteiger partial charge on any atom is 0.184 e. The molecule has 1 aliphatic heterocycles. The molecule has 0 saturated carbocycles. The summed E-state index contributed by atoms with van der Waals surface area (Å²) < 4.78 is 16.1. The van der Waals surface area contributed by atoms with E-state index >= 15 is 0 Å². The summed E-state index contributed by atoms with van der Waals surface area (Å²) in [7, 11) is 0. The van der Waals surface area contributed by atoms with Crippen molar-refractivity contribution in [2.75, 3.05) is 13.2 Å². The first-order valence-corrected chi connectivity index (χ1v) is 6.02. The van der Waals surface area contributed by atoms with Crippen LogP contribution in [0.5, 0.6) is 0 Å². The van der Waals surface area contributed by atoms with Crippen LogP contribution in [-0.4, -0.2) is 25.1 Å². The van der Waals surface area contributed by atoms with Crippen molar-refractivity contribution >= 4 is 0 Å².